The number of hydrogen-bond acceptors (Lipinski definition) is 2. The number of rotatable bonds is 6. The van der Waals surface area contributed by atoms with E-state index in [9.17, 15) is 5.11 Å². The van der Waals surface area contributed by atoms with E-state index in [1.165, 1.54) is 5.56 Å². The van der Waals surface area contributed by atoms with Crippen molar-refractivity contribution in [3.8, 4) is 0 Å². The molecular formula is C16H27NO. The van der Waals surface area contributed by atoms with E-state index >= 15 is 0 Å². The fourth-order valence-electron chi connectivity index (χ4n) is 2.14. The van der Waals surface area contributed by atoms with Gasteiger partial charge in [0.2, 0.25) is 0 Å². The van der Waals surface area contributed by atoms with Crippen molar-refractivity contribution in [3.05, 3.63) is 35.4 Å². The highest BCUT2D eigenvalue weighted by Crippen LogP contribution is 2.22. The molecule has 2 heteroatoms. The Hall–Kier alpha value is -0.860. The van der Waals surface area contributed by atoms with Gasteiger partial charge < -0.3 is 5.11 Å². The molecule has 0 aliphatic rings. The molecule has 1 aromatic rings. The molecule has 0 aliphatic carbocycles. The van der Waals surface area contributed by atoms with Crippen LogP contribution in [0.3, 0.4) is 0 Å². The fraction of sp³-hybridized carbons (Fsp3) is 0.625. The molecule has 0 spiro atoms. The molecule has 0 fully saturated rings. The van der Waals surface area contributed by atoms with Crippen LogP contribution in [0.5, 0.6) is 0 Å². The van der Waals surface area contributed by atoms with Crippen LogP contribution in [0.4, 0.5) is 0 Å². The van der Waals surface area contributed by atoms with E-state index in [4.69, 9.17) is 0 Å². The van der Waals surface area contributed by atoms with Crippen molar-refractivity contribution in [1.29, 1.82) is 0 Å². The van der Waals surface area contributed by atoms with Gasteiger partial charge in [0.25, 0.3) is 0 Å². The van der Waals surface area contributed by atoms with Gasteiger partial charge in [0.05, 0.1) is 6.10 Å². The third-order valence-corrected chi connectivity index (χ3v) is 4.11. The molecule has 1 N–H and O–H groups in total. The summed E-state index contributed by atoms with van der Waals surface area (Å²) in [5.74, 6) is 0. The highest BCUT2D eigenvalue weighted by Gasteiger charge is 2.22. The molecule has 0 radical (unpaired) electrons. The molecule has 3 unspecified atom stereocenters. The number of aryl methyl sites for hydroxylation is 1. The van der Waals surface area contributed by atoms with E-state index in [-0.39, 0.29) is 6.04 Å². The minimum atomic E-state index is -0.421. The summed E-state index contributed by atoms with van der Waals surface area (Å²) in [7, 11) is 2.09. The van der Waals surface area contributed by atoms with Crippen LogP contribution in [-0.4, -0.2) is 29.1 Å². The summed E-state index contributed by atoms with van der Waals surface area (Å²) in [6, 6.07) is 8.93. The van der Waals surface area contributed by atoms with Crippen LogP contribution in [0.15, 0.2) is 24.3 Å². The second-order valence-corrected chi connectivity index (χ2v) is 5.20. The van der Waals surface area contributed by atoms with E-state index in [0.717, 1.165) is 18.4 Å². The van der Waals surface area contributed by atoms with Crippen molar-refractivity contribution in [2.24, 2.45) is 0 Å². The molecule has 0 heterocycles. The normalized spacial score (nSPS) is 16.6. The summed E-state index contributed by atoms with van der Waals surface area (Å²) < 4.78 is 0. The van der Waals surface area contributed by atoms with Crippen molar-refractivity contribution in [2.75, 3.05) is 7.05 Å². The molecular weight excluding hydrogens is 222 g/mol. The molecule has 0 saturated heterocycles. The van der Waals surface area contributed by atoms with Crippen LogP contribution >= 0.6 is 0 Å². The molecule has 1 rings (SSSR count). The second-order valence-electron chi connectivity index (χ2n) is 5.20. The monoisotopic (exact) mass is 249 g/mol. The van der Waals surface area contributed by atoms with E-state index in [0.29, 0.717) is 6.04 Å². The van der Waals surface area contributed by atoms with Gasteiger partial charge in [-0.2, -0.15) is 0 Å². The molecule has 18 heavy (non-hydrogen) atoms. The zero-order valence-corrected chi connectivity index (χ0v) is 12.4. The lowest BCUT2D eigenvalue weighted by Crippen LogP contribution is -2.40. The Balaban J connectivity index is 2.75. The lowest BCUT2D eigenvalue weighted by Gasteiger charge is -2.33. The van der Waals surface area contributed by atoms with Gasteiger partial charge in [0.15, 0.2) is 0 Å². The van der Waals surface area contributed by atoms with Crippen LogP contribution < -0.4 is 0 Å². The number of aliphatic hydroxyl groups is 1. The Kier molecular flexibility index (Phi) is 5.83. The zero-order valence-electron chi connectivity index (χ0n) is 12.4. The lowest BCUT2D eigenvalue weighted by atomic mass is 9.99. The number of likely N-dealkylation sites (N-methyl/N-ethyl adjacent to an activating group) is 1. The number of nitrogens with zero attached hydrogens (tertiary/aromatic N) is 1. The molecule has 3 atom stereocenters. The number of hydrogen-bond donors (Lipinski definition) is 1. The predicted molar refractivity (Wildman–Crippen MR) is 77.8 cm³/mol. The summed E-state index contributed by atoms with van der Waals surface area (Å²) >= 11 is 0. The largest absolute Gasteiger partial charge is 0.387 e. The van der Waals surface area contributed by atoms with Gasteiger partial charge >= 0.3 is 0 Å². The highest BCUT2D eigenvalue weighted by atomic mass is 16.3. The maximum Gasteiger partial charge on any atom is 0.0942 e. The summed E-state index contributed by atoms with van der Waals surface area (Å²) in [4.78, 5) is 2.25. The van der Waals surface area contributed by atoms with Crippen molar-refractivity contribution in [3.63, 3.8) is 0 Å². The Bertz CT molecular complexity index is 347. The molecule has 0 amide bonds. The molecule has 0 aromatic heterocycles. The maximum absolute atomic E-state index is 10.4. The second kappa shape index (κ2) is 6.91. The Morgan fingerprint density at radius 3 is 2.11 bits per heavy atom. The summed E-state index contributed by atoms with van der Waals surface area (Å²) in [5.41, 5.74) is 2.32. The van der Waals surface area contributed by atoms with Crippen LogP contribution in [0.2, 0.25) is 0 Å². The third-order valence-electron chi connectivity index (χ3n) is 4.11. The minimum absolute atomic E-state index is 0.132. The van der Waals surface area contributed by atoms with Crippen molar-refractivity contribution in [1.82, 2.24) is 4.90 Å². The smallest absolute Gasteiger partial charge is 0.0942 e. The van der Waals surface area contributed by atoms with Gasteiger partial charge in [-0.1, -0.05) is 38.1 Å². The van der Waals surface area contributed by atoms with Crippen molar-refractivity contribution in [2.45, 2.75) is 58.7 Å². The van der Waals surface area contributed by atoms with Gasteiger partial charge in [0.1, 0.15) is 0 Å². The first-order valence-electron chi connectivity index (χ1n) is 7.00. The van der Waals surface area contributed by atoms with Gasteiger partial charge in [-0.05, 0) is 44.9 Å². The fourth-order valence-corrected chi connectivity index (χ4v) is 2.14. The summed E-state index contributed by atoms with van der Waals surface area (Å²) in [6.07, 6.45) is 1.72. The number of benzene rings is 1. The molecule has 1 aromatic carbocycles. The predicted octanol–water partition coefficient (Wildman–Crippen LogP) is 3.40. The summed E-state index contributed by atoms with van der Waals surface area (Å²) in [6.45, 7) is 8.61. The highest BCUT2D eigenvalue weighted by molar-refractivity contribution is 5.24. The van der Waals surface area contributed by atoms with E-state index in [2.05, 4.69) is 51.8 Å². The molecule has 2 nitrogen and oxygen atoms in total. The third kappa shape index (κ3) is 3.56. The number of aliphatic hydroxyl groups excluding tert-OH is 1. The van der Waals surface area contributed by atoms with E-state index in [1.54, 1.807) is 0 Å². The Morgan fingerprint density at radius 1 is 1.11 bits per heavy atom. The zero-order chi connectivity index (χ0) is 13.7. The molecule has 0 aliphatic heterocycles. The van der Waals surface area contributed by atoms with Gasteiger partial charge in [-0.25, -0.2) is 0 Å². The lowest BCUT2D eigenvalue weighted by molar-refractivity contribution is 0.0522. The average molecular weight is 249 g/mol. The molecule has 102 valence electrons. The quantitative estimate of drug-likeness (QED) is 0.835. The first-order chi connectivity index (χ1) is 8.51. The average Bonchev–Trinajstić information content (AvgIpc) is 2.44. The SMILES string of the molecule is CCc1ccc(C(O)C(C)N(C)C(C)CC)cc1. The van der Waals surface area contributed by atoms with Crippen LogP contribution in [0.1, 0.15) is 51.3 Å². The molecule has 0 bridgehead atoms. The van der Waals surface area contributed by atoms with Crippen molar-refractivity contribution >= 4 is 0 Å². The van der Waals surface area contributed by atoms with Crippen LogP contribution in [-0.2, 0) is 6.42 Å². The van der Waals surface area contributed by atoms with Crippen LogP contribution in [0, 0.1) is 0 Å². The first-order valence-corrected chi connectivity index (χ1v) is 7.00. The summed E-state index contributed by atoms with van der Waals surface area (Å²) in [5, 5.41) is 10.4. The van der Waals surface area contributed by atoms with Gasteiger partial charge in [-0.3, -0.25) is 4.90 Å². The van der Waals surface area contributed by atoms with Crippen molar-refractivity contribution < 1.29 is 5.11 Å². The van der Waals surface area contributed by atoms with E-state index < -0.39 is 6.10 Å². The standard InChI is InChI=1S/C16H27NO/c1-6-12(3)17(5)13(4)16(18)15-10-8-14(7-2)9-11-15/h8-13,16,18H,6-7H2,1-5H3. The van der Waals surface area contributed by atoms with E-state index in [1.807, 2.05) is 12.1 Å². The van der Waals surface area contributed by atoms with Gasteiger partial charge in [-0.15, -0.1) is 0 Å². The maximum atomic E-state index is 10.4. The minimum Gasteiger partial charge on any atom is -0.387 e. The first kappa shape index (κ1) is 15.2. The Labute approximate surface area is 112 Å². The molecule has 0 saturated carbocycles. The topological polar surface area (TPSA) is 23.5 Å². The Morgan fingerprint density at radius 2 is 1.67 bits per heavy atom. The van der Waals surface area contributed by atoms with Gasteiger partial charge in [0, 0.05) is 12.1 Å². The van der Waals surface area contributed by atoms with Crippen LogP contribution in [0.25, 0.3) is 0 Å².